The minimum Gasteiger partial charge on any atom is -0.478 e. The average Bonchev–Trinajstić information content (AvgIpc) is 2.70. The first kappa shape index (κ1) is 13.1. The lowest BCUT2D eigenvalue weighted by atomic mass is 10.1. The molecular formula is C14H14N2O3. The first-order valence-corrected chi connectivity index (χ1v) is 6.17. The third kappa shape index (κ3) is 2.74. The molecule has 0 saturated heterocycles. The van der Waals surface area contributed by atoms with Crippen LogP contribution in [0.3, 0.4) is 0 Å². The maximum atomic E-state index is 11.9. The maximum absolute atomic E-state index is 11.9. The van der Waals surface area contributed by atoms with E-state index in [1.807, 2.05) is 0 Å². The fourth-order valence-electron chi connectivity index (χ4n) is 2.21. The van der Waals surface area contributed by atoms with Gasteiger partial charge in [0.25, 0.3) is 0 Å². The largest absolute Gasteiger partial charge is 0.478 e. The molecular weight excluding hydrogens is 244 g/mol. The lowest BCUT2D eigenvalue weighted by molar-refractivity contribution is -0.117. The minimum absolute atomic E-state index is 0.00510. The van der Waals surface area contributed by atoms with E-state index in [0.29, 0.717) is 25.1 Å². The summed E-state index contributed by atoms with van der Waals surface area (Å²) in [6.07, 6.45) is 2.29. The van der Waals surface area contributed by atoms with Crippen molar-refractivity contribution < 1.29 is 14.7 Å². The number of carbonyl (C=O) groups excluding carboxylic acids is 1. The quantitative estimate of drug-likeness (QED) is 0.818. The van der Waals surface area contributed by atoms with Crippen LogP contribution in [0.1, 0.15) is 35.2 Å². The highest BCUT2D eigenvalue weighted by Crippen LogP contribution is 2.30. The second kappa shape index (κ2) is 5.53. The van der Waals surface area contributed by atoms with Gasteiger partial charge in [0.15, 0.2) is 0 Å². The SMILES string of the molecule is N#CCCCCN1C(=O)Cc2ccc(C(=O)O)cc21. The summed E-state index contributed by atoms with van der Waals surface area (Å²) >= 11 is 0. The average molecular weight is 258 g/mol. The fourth-order valence-corrected chi connectivity index (χ4v) is 2.21. The number of hydrogen-bond acceptors (Lipinski definition) is 3. The number of nitriles is 1. The molecule has 19 heavy (non-hydrogen) atoms. The number of fused-ring (bicyclic) bond motifs is 1. The van der Waals surface area contributed by atoms with Crippen molar-refractivity contribution in [3.05, 3.63) is 29.3 Å². The van der Waals surface area contributed by atoms with Gasteiger partial charge in [-0.05, 0) is 30.5 Å². The number of unbranched alkanes of at least 4 members (excludes halogenated alkanes) is 2. The van der Waals surface area contributed by atoms with Gasteiger partial charge in [-0.15, -0.1) is 0 Å². The Labute approximate surface area is 111 Å². The smallest absolute Gasteiger partial charge is 0.335 e. The second-order valence-electron chi connectivity index (χ2n) is 4.49. The molecule has 0 radical (unpaired) electrons. The van der Waals surface area contributed by atoms with Crippen molar-refractivity contribution >= 4 is 17.6 Å². The van der Waals surface area contributed by atoms with Gasteiger partial charge in [0, 0.05) is 18.7 Å². The summed E-state index contributed by atoms with van der Waals surface area (Å²) in [5.41, 5.74) is 1.76. The van der Waals surface area contributed by atoms with Crippen LogP contribution in [0, 0.1) is 11.3 Å². The van der Waals surface area contributed by atoms with E-state index in [4.69, 9.17) is 10.4 Å². The van der Waals surface area contributed by atoms with Crippen LogP contribution in [0.2, 0.25) is 0 Å². The van der Waals surface area contributed by atoms with Crippen molar-refractivity contribution in [2.24, 2.45) is 0 Å². The van der Waals surface area contributed by atoms with E-state index in [9.17, 15) is 9.59 Å². The Morgan fingerprint density at radius 3 is 2.89 bits per heavy atom. The van der Waals surface area contributed by atoms with Crippen LogP contribution >= 0.6 is 0 Å². The van der Waals surface area contributed by atoms with Crippen molar-refractivity contribution in [1.29, 1.82) is 5.26 Å². The molecule has 1 aromatic carbocycles. The number of nitrogens with zero attached hydrogens (tertiary/aromatic N) is 2. The summed E-state index contributed by atoms with van der Waals surface area (Å²) in [6, 6.07) is 6.84. The zero-order chi connectivity index (χ0) is 13.8. The van der Waals surface area contributed by atoms with Crippen molar-refractivity contribution in [1.82, 2.24) is 0 Å². The van der Waals surface area contributed by atoms with E-state index in [2.05, 4.69) is 6.07 Å². The van der Waals surface area contributed by atoms with Gasteiger partial charge in [-0.25, -0.2) is 4.79 Å². The number of rotatable bonds is 5. The third-order valence-electron chi connectivity index (χ3n) is 3.19. The predicted molar refractivity (Wildman–Crippen MR) is 68.9 cm³/mol. The molecule has 1 aromatic rings. The molecule has 0 spiro atoms. The molecule has 1 N–H and O–H groups in total. The Morgan fingerprint density at radius 2 is 2.21 bits per heavy atom. The van der Waals surface area contributed by atoms with Crippen molar-refractivity contribution in [3.8, 4) is 6.07 Å². The molecule has 5 heteroatoms. The predicted octanol–water partition coefficient (Wildman–Crippen LogP) is 1.97. The number of carbonyl (C=O) groups is 2. The molecule has 0 atom stereocenters. The van der Waals surface area contributed by atoms with Gasteiger partial charge in [0.05, 0.1) is 18.1 Å². The molecule has 0 fully saturated rings. The Hall–Kier alpha value is -2.35. The van der Waals surface area contributed by atoms with Crippen LogP contribution in [0.25, 0.3) is 0 Å². The second-order valence-corrected chi connectivity index (χ2v) is 4.49. The summed E-state index contributed by atoms with van der Waals surface area (Å²) in [5, 5.41) is 17.4. The van der Waals surface area contributed by atoms with Crippen LogP contribution < -0.4 is 4.90 Å². The normalized spacial score (nSPS) is 13.2. The van der Waals surface area contributed by atoms with Crippen LogP contribution in [0.4, 0.5) is 5.69 Å². The maximum Gasteiger partial charge on any atom is 0.335 e. The summed E-state index contributed by atoms with van der Waals surface area (Å²) < 4.78 is 0. The van der Waals surface area contributed by atoms with E-state index in [1.165, 1.54) is 6.07 Å². The molecule has 1 amide bonds. The van der Waals surface area contributed by atoms with Gasteiger partial charge in [-0.2, -0.15) is 5.26 Å². The molecule has 0 aromatic heterocycles. The Kier molecular flexibility index (Phi) is 3.81. The zero-order valence-corrected chi connectivity index (χ0v) is 10.4. The zero-order valence-electron chi connectivity index (χ0n) is 10.4. The van der Waals surface area contributed by atoms with E-state index < -0.39 is 5.97 Å². The van der Waals surface area contributed by atoms with Crippen molar-refractivity contribution in [3.63, 3.8) is 0 Å². The van der Waals surface area contributed by atoms with E-state index in [-0.39, 0.29) is 11.5 Å². The van der Waals surface area contributed by atoms with Crippen LogP contribution in [-0.4, -0.2) is 23.5 Å². The number of carboxylic acid groups (broad SMARTS) is 1. The van der Waals surface area contributed by atoms with Crippen molar-refractivity contribution in [2.45, 2.75) is 25.7 Å². The Morgan fingerprint density at radius 1 is 1.42 bits per heavy atom. The summed E-state index contributed by atoms with van der Waals surface area (Å²) in [5.74, 6) is -0.999. The number of amides is 1. The number of hydrogen-bond donors (Lipinski definition) is 1. The topological polar surface area (TPSA) is 81.4 Å². The van der Waals surface area contributed by atoms with Crippen LogP contribution in [0.15, 0.2) is 18.2 Å². The van der Waals surface area contributed by atoms with Gasteiger partial charge in [0.2, 0.25) is 5.91 Å². The molecule has 98 valence electrons. The standard InChI is InChI=1S/C14H14N2O3/c15-6-2-1-3-7-16-12-8-11(14(18)19)5-4-10(12)9-13(16)17/h4-5,8H,1-3,7,9H2,(H,18,19). The molecule has 0 aliphatic carbocycles. The van der Waals surface area contributed by atoms with E-state index in [0.717, 1.165) is 18.4 Å². The van der Waals surface area contributed by atoms with Crippen LogP contribution in [-0.2, 0) is 11.2 Å². The molecule has 1 aliphatic heterocycles. The lowest BCUT2D eigenvalue weighted by Crippen LogP contribution is -2.27. The molecule has 2 rings (SSSR count). The number of benzene rings is 1. The summed E-state index contributed by atoms with van der Waals surface area (Å²) in [7, 11) is 0. The highest BCUT2D eigenvalue weighted by molar-refractivity contribution is 6.03. The third-order valence-corrected chi connectivity index (χ3v) is 3.19. The number of carboxylic acids is 1. The minimum atomic E-state index is -0.994. The van der Waals surface area contributed by atoms with Crippen molar-refractivity contribution in [2.75, 3.05) is 11.4 Å². The highest BCUT2D eigenvalue weighted by atomic mass is 16.4. The first-order valence-electron chi connectivity index (χ1n) is 6.17. The number of aromatic carboxylic acids is 1. The molecule has 0 saturated carbocycles. The van der Waals surface area contributed by atoms with Gasteiger partial charge < -0.3 is 10.0 Å². The van der Waals surface area contributed by atoms with Gasteiger partial charge in [-0.1, -0.05) is 6.07 Å². The fraction of sp³-hybridized carbons (Fsp3) is 0.357. The Bertz CT molecular complexity index is 560. The summed E-state index contributed by atoms with van der Waals surface area (Å²) in [6.45, 7) is 0.538. The molecule has 0 bridgehead atoms. The lowest BCUT2D eigenvalue weighted by Gasteiger charge is -2.17. The molecule has 5 nitrogen and oxygen atoms in total. The highest BCUT2D eigenvalue weighted by Gasteiger charge is 2.27. The Balaban J connectivity index is 2.15. The van der Waals surface area contributed by atoms with E-state index >= 15 is 0 Å². The number of anilines is 1. The summed E-state index contributed by atoms with van der Waals surface area (Å²) in [4.78, 5) is 24.5. The van der Waals surface area contributed by atoms with Gasteiger partial charge >= 0.3 is 5.97 Å². The van der Waals surface area contributed by atoms with E-state index in [1.54, 1.807) is 17.0 Å². The van der Waals surface area contributed by atoms with Gasteiger partial charge in [-0.3, -0.25) is 4.79 Å². The molecule has 1 aliphatic rings. The van der Waals surface area contributed by atoms with Crippen LogP contribution in [0.5, 0.6) is 0 Å². The molecule has 1 heterocycles. The molecule has 0 unspecified atom stereocenters. The van der Waals surface area contributed by atoms with Gasteiger partial charge in [0.1, 0.15) is 0 Å². The first-order chi connectivity index (χ1) is 9.13. The monoisotopic (exact) mass is 258 g/mol.